The molecular weight excluding hydrogens is 330 g/mol. The topological polar surface area (TPSA) is 61.9 Å². The first-order valence-electron chi connectivity index (χ1n) is 9.61. The van der Waals surface area contributed by atoms with Crippen LogP contribution in [0.15, 0.2) is 18.2 Å². The fourth-order valence-corrected chi connectivity index (χ4v) is 3.62. The molecule has 1 aromatic carbocycles. The Hall–Kier alpha value is -2.24. The maximum Gasteiger partial charge on any atom is 0.324 e. The third-order valence-electron chi connectivity index (χ3n) is 5.09. The molecule has 0 bridgehead atoms. The van der Waals surface area contributed by atoms with Crippen LogP contribution in [0.3, 0.4) is 0 Å². The molecule has 0 unspecified atom stereocenters. The number of hydrogen-bond acceptors (Lipinski definition) is 3. The molecular formula is C20H29N3O3. The van der Waals surface area contributed by atoms with Gasteiger partial charge in [0.15, 0.2) is 0 Å². The fourth-order valence-electron chi connectivity index (χ4n) is 3.62. The molecule has 0 aliphatic carbocycles. The highest BCUT2D eigenvalue weighted by molar-refractivity contribution is 5.94. The van der Waals surface area contributed by atoms with Crippen molar-refractivity contribution in [2.24, 2.45) is 5.92 Å². The highest BCUT2D eigenvalue weighted by Gasteiger charge is 2.33. The van der Waals surface area contributed by atoms with E-state index in [4.69, 9.17) is 4.74 Å². The van der Waals surface area contributed by atoms with Crippen LogP contribution < -0.4 is 15.0 Å². The van der Waals surface area contributed by atoms with Gasteiger partial charge in [-0.1, -0.05) is 13.0 Å². The Labute approximate surface area is 155 Å². The number of piperidine rings is 1. The summed E-state index contributed by atoms with van der Waals surface area (Å²) in [4.78, 5) is 29.0. The Morgan fingerprint density at radius 3 is 2.69 bits per heavy atom. The molecule has 2 heterocycles. The van der Waals surface area contributed by atoms with Gasteiger partial charge in [0.1, 0.15) is 11.9 Å². The maximum atomic E-state index is 13.1. The van der Waals surface area contributed by atoms with Crippen molar-refractivity contribution in [3.63, 3.8) is 0 Å². The quantitative estimate of drug-likeness (QED) is 0.903. The molecule has 6 heteroatoms. The summed E-state index contributed by atoms with van der Waals surface area (Å²) in [6.45, 7) is 8.55. The zero-order valence-corrected chi connectivity index (χ0v) is 16.0. The van der Waals surface area contributed by atoms with E-state index in [1.165, 1.54) is 0 Å². The first-order valence-corrected chi connectivity index (χ1v) is 9.61. The molecule has 0 saturated carbocycles. The Kier molecular flexibility index (Phi) is 5.69. The number of fused-ring (bicyclic) bond motifs is 1. The third-order valence-corrected chi connectivity index (χ3v) is 5.09. The lowest BCUT2D eigenvalue weighted by Gasteiger charge is -2.39. The molecule has 1 atom stereocenters. The number of nitrogens with one attached hydrogen (secondary N) is 1. The minimum atomic E-state index is -0.0356. The number of carbonyl (C=O) groups excluding carboxylic acids is 2. The number of carbonyl (C=O) groups is 2. The molecule has 3 rings (SSSR count). The Morgan fingerprint density at radius 1 is 1.27 bits per heavy atom. The summed E-state index contributed by atoms with van der Waals surface area (Å²) >= 11 is 0. The van der Waals surface area contributed by atoms with Crippen LogP contribution in [0, 0.1) is 12.8 Å². The zero-order valence-electron chi connectivity index (χ0n) is 16.0. The molecule has 6 nitrogen and oxygen atoms in total. The van der Waals surface area contributed by atoms with Gasteiger partial charge in [-0.05, 0) is 50.8 Å². The van der Waals surface area contributed by atoms with Gasteiger partial charge < -0.3 is 15.0 Å². The van der Waals surface area contributed by atoms with Crippen molar-refractivity contribution in [2.45, 2.75) is 46.1 Å². The van der Waals surface area contributed by atoms with Gasteiger partial charge in [-0.15, -0.1) is 0 Å². The number of anilines is 1. The van der Waals surface area contributed by atoms with Crippen molar-refractivity contribution in [3.05, 3.63) is 23.8 Å². The number of ether oxygens (including phenoxy) is 1. The van der Waals surface area contributed by atoms with Crippen LogP contribution in [0.4, 0.5) is 10.5 Å². The molecule has 1 fully saturated rings. The van der Waals surface area contributed by atoms with E-state index in [0.717, 1.165) is 42.8 Å². The lowest BCUT2D eigenvalue weighted by molar-refractivity contribution is -0.126. The van der Waals surface area contributed by atoms with E-state index in [0.29, 0.717) is 19.6 Å². The van der Waals surface area contributed by atoms with E-state index in [1.54, 1.807) is 0 Å². The standard InChI is InChI=1S/C20H29N3O3/c1-4-9-21-19(24)16-7-10-22(11-8-16)20(25)23-13-15(3)26-18-6-5-14(2)12-17(18)23/h5-6,12,15-16H,4,7-11,13H2,1-3H3,(H,21,24)/t15-/m0/s1. The average molecular weight is 359 g/mol. The predicted octanol–water partition coefficient (Wildman–Crippen LogP) is 2.94. The van der Waals surface area contributed by atoms with Crippen LogP contribution in [0.2, 0.25) is 0 Å². The Balaban J connectivity index is 1.66. The van der Waals surface area contributed by atoms with Gasteiger partial charge in [-0.2, -0.15) is 0 Å². The molecule has 2 aliphatic heterocycles. The van der Waals surface area contributed by atoms with Crippen molar-refractivity contribution in [1.29, 1.82) is 0 Å². The first kappa shape index (κ1) is 18.5. The van der Waals surface area contributed by atoms with Gasteiger partial charge in [0.25, 0.3) is 0 Å². The fraction of sp³-hybridized carbons (Fsp3) is 0.600. The second-order valence-corrected chi connectivity index (χ2v) is 7.35. The predicted molar refractivity (Wildman–Crippen MR) is 102 cm³/mol. The molecule has 142 valence electrons. The summed E-state index contributed by atoms with van der Waals surface area (Å²) in [6.07, 6.45) is 2.35. The maximum absolute atomic E-state index is 13.1. The number of amides is 3. The van der Waals surface area contributed by atoms with E-state index < -0.39 is 0 Å². The number of hydrogen-bond donors (Lipinski definition) is 1. The number of aryl methyl sites for hydroxylation is 1. The normalized spacial score (nSPS) is 20.3. The highest BCUT2D eigenvalue weighted by atomic mass is 16.5. The monoisotopic (exact) mass is 359 g/mol. The molecule has 26 heavy (non-hydrogen) atoms. The minimum Gasteiger partial charge on any atom is -0.487 e. The molecule has 0 radical (unpaired) electrons. The van der Waals surface area contributed by atoms with Crippen molar-refractivity contribution in [1.82, 2.24) is 10.2 Å². The number of benzene rings is 1. The number of rotatable bonds is 3. The van der Waals surface area contributed by atoms with Crippen LogP contribution in [0.1, 0.15) is 38.7 Å². The second-order valence-electron chi connectivity index (χ2n) is 7.35. The number of urea groups is 1. The van der Waals surface area contributed by atoms with Crippen LogP contribution in [0.25, 0.3) is 0 Å². The van der Waals surface area contributed by atoms with Crippen molar-refractivity contribution in [3.8, 4) is 5.75 Å². The summed E-state index contributed by atoms with van der Waals surface area (Å²) < 4.78 is 5.88. The number of nitrogens with zero attached hydrogens (tertiary/aromatic N) is 2. The minimum absolute atomic E-state index is 0.0133. The van der Waals surface area contributed by atoms with Crippen molar-refractivity contribution >= 4 is 17.6 Å². The van der Waals surface area contributed by atoms with Crippen LogP contribution in [0.5, 0.6) is 5.75 Å². The molecule has 2 aliphatic rings. The van der Waals surface area contributed by atoms with Gasteiger partial charge in [0.05, 0.1) is 12.2 Å². The Bertz CT molecular complexity index is 668. The van der Waals surface area contributed by atoms with Crippen LogP contribution in [-0.2, 0) is 4.79 Å². The van der Waals surface area contributed by atoms with E-state index in [9.17, 15) is 9.59 Å². The van der Waals surface area contributed by atoms with E-state index >= 15 is 0 Å². The zero-order chi connectivity index (χ0) is 18.7. The largest absolute Gasteiger partial charge is 0.487 e. The molecule has 0 spiro atoms. The van der Waals surface area contributed by atoms with E-state index in [1.807, 2.05) is 48.8 Å². The molecule has 1 N–H and O–H groups in total. The van der Waals surface area contributed by atoms with E-state index in [2.05, 4.69) is 5.32 Å². The summed E-state index contributed by atoms with van der Waals surface area (Å²) in [6, 6.07) is 5.95. The SMILES string of the molecule is CCCNC(=O)C1CCN(C(=O)N2C[C@H](C)Oc3ccc(C)cc32)CC1. The summed E-state index contributed by atoms with van der Waals surface area (Å²) in [7, 11) is 0. The van der Waals surface area contributed by atoms with E-state index in [-0.39, 0.29) is 24.0 Å². The summed E-state index contributed by atoms with van der Waals surface area (Å²) in [5.74, 6) is 0.903. The average Bonchev–Trinajstić information content (AvgIpc) is 2.65. The second kappa shape index (κ2) is 7.98. The molecule has 1 aromatic rings. The third kappa shape index (κ3) is 3.94. The first-order chi connectivity index (χ1) is 12.5. The van der Waals surface area contributed by atoms with Crippen LogP contribution in [-0.4, -0.2) is 49.1 Å². The van der Waals surface area contributed by atoms with Crippen LogP contribution >= 0.6 is 0 Å². The van der Waals surface area contributed by atoms with Gasteiger partial charge >= 0.3 is 6.03 Å². The lowest BCUT2D eigenvalue weighted by atomic mass is 9.96. The molecule has 0 aromatic heterocycles. The summed E-state index contributed by atoms with van der Waals surface area (Å²) in [5, 5.41) is 2.97. The number of likely N-dealkylation sites (tertiary alicyclic amines) is 1. The molecule has 1 saturated heterocycles. The molecule has 3 amide bonds. The van der Waals surface area contributed by atoms with Gasteiger partial charge in [0.2, 0.25) is 5.91 Å². The Morgan fingerprint density at radius 2 is 2.00 bits per heavy atom. The van der Waals surface area contributed by atoms with Gasteiger partial charge in [-0.25, -0.2) is 4.79 Å². The van der Waals surface area contributed by atoms with Gasteiger partial charge in [0, 0.05) is 25.6 Å². The van der Waals surface area contributed by atoms with Crippen molar-refractivity contribution in [2.75, 3.05) is 31.1 Å². The smallest absolute Gasteiger partial charge is 0.324 e. The highest BCUT2D eigenvalue weighted by Crippen LogP contribution is 2.35. The summed E-state index contributed by atoms with van der Waals surface area (Å²) in [5.41, 5.74) is 1.95. The van der Waals surface area contributed by atoms with Crippen molar-refractivity contribution < 1.29 is 14.3 Å². The lowest BCUT2D eigenvalue weighted by Crippen LogP contribution is -2.52. The van der Waals surface area contributed by atoms with Gasteiger partial charge in [-0.3, -0.25) is 9.69 Å².